The summed E-state index contributed by atoms with van der Waals surface area (Å²) in [5, 5.41) is 11.9. The van der Waals surface area contributed by atoms with E-state index in [-0.39, 0.29) is 29.7 Å². The maximum Gasteiger partial charge on any atom is 0.261 e. The van der Waals surface area contributed by atoms with Gasteiger partial charge in [0.15, 0.2) is 0 Å². The molecule has 2 aromatic carbocycles. The monoisotopic (exact) mass is 351 g/mol. The molecule has 130 valence electrons. The number of aromatic nitrogens is 4. The van der Waals surface area contributed by atoms with Crippen molar-refractivity contribution in [2.75, 3.05) is 6.54 Å². The van der Waals surface area contributed by atoms with Crippen molar-refractivity contribution in [1.82, 2.24) is 25.1 Å². The molecule has 1 aliphatic rings. The number of amides is 2. The minimum Gasteiger partial charge on any atom is -0.274 e. The van der Waals surface area contributed by atoms with Crippen LogP contribution in [-0.2, 0) is 6.54 Å². The van der Waals surface area contributed by atoms with E-state index in [1.165, 1.54) is 15.8 Å². The highest BCUT2D eigenvalue weighted by atomic mass is 19.1. The van der Waals surface area contributed by atoms with E-state index in [9.17, 15) is 14.0 Å². The van der Waals surface area contributed by atoms with Crippen molar-refractivity contribution >= 4 is 11.8 Å². The fourth-order valence-corrected chi connectivity index (χ4v) is 2.90. The third kappa shape index (κ3) is 2.75. The van der Waals surface area contributed by atoms with Crippen LogP contribution < -0.4 is 0 Å². The Bertz CT molecular complexity index is 966. The third-order valence-corrected chi connectivity index (χ3v) is 4.19. The molecule has 0 radical (unpaired) electrons. The molecule has 3 aromatic rings. The number of rotatable bonds is 5. The average molecular weight is 351 g/mol. The van der Waals surface area contributed by atoms with Gasteiger partial charge in [-0.3, -0.25) is 14.5 Å². The Labute approximate surface area is 148 Å². The zero-order valence-electron chi connectivity index (χ0n) is 13.7. The minimum atomic E-state index is -0.418. The highest BCUT2D eigenvalue weighted by molar-refractivity contribution is 6.21. The summed E-state index contributed by atoms with van der Waals surface area (Å²) in [4.78, 5) is 27.1. The molecule has 7 nitrogen and oxygen atoms in total. The highest BCUT2D eigenvalue weighted by Crippen LogP contribution is 2.22. The molecular formula is C18H14FN5O2. The molecule has 26 heavy (non-hydrogen) atoms. The number of carbonyl (C=O) groups excluding carboxylic acids is 2. The molecule has 0 spiro atoms. The molecule has 0 fully saturated rings. The first-order chi connectivity index (χ1) is 12.6. The summed E-state index contributed by atoms with van der Waals surface area (Å²) in [7, 11) is 0. The maximum absolute atomic E-state index is 13.8. The Morgan fingerprint density at radius 2 is 1.46 bits per heavy atom. The van der Waals surface area contributed by atoms with Crippen molar-refractivity contribution in [2.45, 2.75) is 13.0 Å². The molecule has 0 atom stereocenters. The Balaban J connectivity index is 1.40. The van der Waals surface area contributed by atoms with Crippen LogP contribution >= 0.6 is 0 Å². The van der Waals surface area contributed by atoms with Gasteiger partial charge in [-0.2, -0.15) is 4.80 Å². The zero-order chi connectivity index (χ0) is 18.1. The molecule has 0 unspecified atom stereocenters. The Morgan fingerprint density at radius 1 is 0.846 bits per heavy atom. The number of benzene rings is 2. The summed E-state index contributed by atoms with van der Waals surface area (Å²) in [5.41, 5.74) is 1.13. The van der Waals surface area contributed by atoms with E-state index in [4.69, 9.17) is 0 Å². The first-order valence-electron chi connectivity index (χ1n) is 8.13. The van der Waals surface area contributed by atoms with Crippen LogP contribution in [0.25, 0.3) is 11.4 Å². The lowest BCUT2D eigenvalue weighted by atomic mass is 10.1. The van der Waals surface area contributed by atoms with Gasteiger partial charge in [0.05, 0.1) is 23.2 Å². The number of hydrogen-bond donors (Lipinski definition) is 0. The number of hydrogen-bond acceptors (Lipinski definition) is 5. The molecule has 0 bridgehead atoms. The normalized spacial score (nSPS) is 13.3. The van der Waals surface area contributed by atoms with E-state index in [0.717, 1.165) is 0 Å². The number of imide groups is 1. The van der Waals surface area contributed by atoms with Crippen molar-refractivity contribution < 1.29 is 14.0 Å². The molecule has 8 heteroatoms. The summed E-state index contributed by atoms with van der Waals surface area (Å²) in [6, 6.07) is 13.0. The van der Waals surface area contributed by atoms with Crippen molar-refractivity contribution in [3.63, 3.8) is 0 Å². The summed E-state index contributed by atoms with van der Waals surface area (Å²) in [6.07, 6.45) is 0.471. The molecule has 2 heterocycles. The van der Waals surface area contributed by atoms with Gasteiger partial charge in [0.1, 0.15) is 5.82 Å². The molecule has 0 saturated heterocycles. The lowest BCUT2D eigenvalue weighted by Crippen LogP contribution is -2.31. The van der Waals surface area contributed by atoms with Crippen molar-refractivity contribution in [1.29, 1.82) is 0 Å². The quantitative estimate of drug-likeness (QED) is 0.658. The Kier molecular flexibility index (Phi) is 4.00. The molecule has 4 rings (SSSR count). The van der Waals surface area contributed by atoms with E-state index in [0.29, 0.717) is 24.1 Å². The molecule has 2 amide bonds. The van der Waals surface area contributed by atoms with Gasteiger partial charge in [-0.15, -0.1) is 10.2 Å². The summed E-state index contributed by atoms with van der Waals surface area (Å²) >= 11 is 0. The van der Waals surface area contributed by atoms with E-state index in [1.54, 1.807) is 42.5 Å². The molecule has 1 aromatic heterocycles. The van der Waals surface area contributed by atoms with Gasteiger partial charge in [-0.1, -0.05) is 24.3 Å². The molecule has 0 aliphatic carbocycles. The van der Waals surface area contributed by atoms with E-state index in [1.807, 2.05) is 0 Å². The van der Waals surface area contributed by atoms with E-state index >= 15 is 0 Å². The van der Waals surface area contributed by atoms with Crippen molar-refractivity contribution in [3.05, 3.63) is 65.5 Å². The Hall–Kier alpha value is -3.42. The van der Waals surface area contributed by atoms with Crippen molar-refractivity contribution in [3.8, 4) is 11.4 Å². The van der Waals surface area contributed by atoms with Gasteiger partial charge < -0.3 is 0 Å². The van der Waals surface area contributed by atoms with Gasteiger partial charge in [0.2, 0.25) is 5.82 Å². The minimum absolute atomic E-state index is 0.198. The van der Waals surface area contributed by atoms with Crippen LogP contribution in [0.3, 0.4) is 0 Å². The lowest BCUT2D eigenvalue weighted by Gasteiger charge is -2.12. The SMILES string of the molecule is O=C1c2ccccc2C(=O)N1CCCn1nnc(-c2ccccc2F)n1. The highest BCUT2D eigenvalue weighted by Gasteiger charge is 2.34. The number of nitrogens with zero attached hydrogens (tertiary/aromatic N) is 5. The van der Waals surface area contributed by atoms with Gasteiger partial charge in [-0.05, 0) is 35.9 Å². The first kappa shape index (κ1) is 16.1. The van der Waals surface area contributed by atoms with E-state index < -0.39 is 5.82 Å². The topological polar surface area (TPSA) is 81.0 Å². The van der Waals surface area contributed by atoms with Crippen LogP contribution in [0, 0.1) is 5.82 Å². The van der Waals surface area contributed by atoms with Gasteiger partial charge in [0.25, 0.3) is 11.8 Å². The van der Waals surface area contributed by atoms with Crippen LogP contribution in [0.5, 0.6) is 0 Å². The summed E-state index contributed by atoms with van der Waals surface area (Å²) in [6.45, 7) is 0.609. The molecule has 0 N–H and O–H groups in total. The summed E-state index contributed by atoms with van der Waals surface area (Å²) in [5.74, 6) is -0.796. The van der Waals surface area contributed by atoms with Crippen LogP contribution in [-0.4, -0.2) is 43.5 Å². The third-order valence-electron chi connectivity index (χ3n) is 4.19. The second-order valence-electron chi connectivity index (χ2n) is 5.85. The molecule has 1 aliphatic heterocycles. The number of carbonyl (C=O) groups is 2. The van der Waals surface area contributed by atoms with Crippen LogP contribution in [0.2, 0.25) is 0 Å². The number of aryl methyl sites for hydroxylation is 1. The summed E-state index contributed by atoms with van der Waals surface area (Å²) < 4.78 is 13.8. The van der Waals surface area contributed by atoms with E-state index in [2.05, 4.69) is 15.4 Å². The standard InChI is InChI=1S/C18H14FN5O2/c19-15-9-4-3-8-14(15)16-20-22-24(21-16)11-5-10-23-17(25)12-6-1-2-7-13(12)18(23)26/h1-4,6-9H,5,10-11H2. The second-order valence-corrected chi connectivity index (χ2v) is 5.85. The number of tetrazole rings is 1. The number of fused-ring (bicyclic) bond motifs is 1. The average Bonchev–Trinajstić information content (AvgIpc) is 3.21. The predicted molar refractivity (Wildman–Crippen MR) is 89.6 cm³/mol. The van der Waals surface area contributed by atoms with Gasteiger partial charge >= 0.3 is 0 Å². The van der Waals surface area contributed by atoms with Crippen molar-refractivity contribution in [2.24, 2.45) is 0 Å². The Morgan fingerprint density at radius 3 is 2.12 bits per heavy atom. The smallest absolute Gasteiger partial charge is 0.261 e. The predicted octanol–water partition coefficient (Wildman–Crippen LogP) is 2.17. The molecular weight excluding hydrogens is 337 g/mol. The van der Waals surface area contributed by atoms with Crippen LogP contribution in [0.1, 0.15) is 27.1 Å². The number of halogens is 1. The maximum atomic E-state index is 13.8. The van der Waals surface area contributed by atoms with Gasteiger partial charge in [-0.25, -0.2) is 4.39 Å². The largest absolute Gasteiger partial charge is 0.274 e. The first-order valence-corrected chi connectivity index (χ1v) is 8.13. The zero-order valence-corrected chi connectivity index (χ0v) is 13.7. The lowest BCUT2D eigenvalue weighted by molar-refractivity contribution is 0.0649. The van der Waals surface area contributed by atoms with Crippen LogP contribution in [0.4, 0.5) is 4.39 Å². The second kappa shape index (κ2) is 6.47. The van der Waals surface area contributed by atoms with Gasteiger partial charge in [0, 0.05) is 6.54 Å². The van der Waals surface area contributed by atoms with Crippen LogP contribution in [0.15, 0.2) is 48.5 Å². The fraction of sp³-hybridized carbons (Fsp3) is 0.167. The molecule has 0 saturated carbocycles. The fourth-order valence-electron chi connectivity index (χ4n) is 2.90.